The Balaban J connectivity index is 0.913. The molecule has 64 nitrogen and oxygen atoms in total. The number of amides is 6. The molecule has 64 heteroatoms. The minimum absolute atomic E-state index is 0.833. The highest BCUT2D eigenvalue weighted by Crippen LogP contribution is 2.43. The maximum atomic E-state index is 13.4. The lowest BCUT2D eigenvalue weighted by atomic mass is 9.88. The van der Waals surface area contributed by atoms with Crippen molar-refractivity contribution in [2.75, 3.05) is 66.1 Å². The van der Waals surface area contributed by atoms with Gasteiger partial charge in [-0.3, -0.25) is 28.8 Å². The highest BCUT2D eigenvalue weighted by molar-refractivity contribution is 5.77. The molecule has 0 aromatic carbocycles. The molecule has 0 unspecified atom stereocenters. The second kappa shape index (κ2) is 51.8. The average Bonchev–Trinajstić information content (AvgIpc) is 0.760. The van der Waals surface area contributed by atoms with Gasteiger partial charge in [-0.2, -0.15) is 0 Å². The van der Waals surface area contributed by atoms with E-state index in [4.69, 9.17) is 99.5 Å². The van der Waals surface area contributed by atoms with E-state index in [-0.39, 0.29) is 0 Å². The molecule has 145 heavy (non-hydrogen) atoms. The first-order valence-corrected chi connectivity index (χ1v) is 46.1. The van der Waals surface area contributed by atoms with Gasteiger partial charge in [-0.1, -0.05) is 0 Å². The predicted molar refractivity (Wildman–Crippen MR) is 448 cm³/mol. The molecule has 6 amide bonds. The molecule has 11 fully saturated rings. The van der Waals surface area contributed by atoms with Gasteiger partial charge < -0.3 is 285 Å². The molecule has 0 aromatic rings. The number of carboxylic acids is 1. The second-order valence-corrected chi connectivity index (χ2v) is 36.7. The summed E-state index contributed by atoms with van der Waals surface area (Å²) in [6, 6.07) is -11.4. The topological polar surface area (TPSA) is 992 Å². The normalized spacial score (nSPS) is 47.2. The van der Waals surface area contributed by atoms with E-state index in [9.17, 15) is 187 Å². The van der Waals surface area contributed by atoms with Crippen LogP contribution in [0.5, 0.6) is 0 Å². The Hall–Kier alpha value is -5.71. The third kappa shape index (κ3) is 27.0. The maximum Gasteiger partial charge on any atom is 0.364 e. The number of hydrogen-bond acceptors (Lipinski definition) is 57. The number of carbonyl (C=O) groups is 7. The van der Waals surface area contributed by atoms with Crippen LogP contribution >= 0.6 is 0 Å². The van der Waals surface area contributed by atoms with Crippen LogP contribution in [0.2, 0.25) is 0 Å². The van der Waals surface area contributed by atoms with Crippen LogP contribution in [0, 0.1) is 0 Å². The van der Waals surface area contributed by atoms with E-state index in [1.54, 1.807) is 0 Å². The highest BCUT2D eigenvalue weighted by atomic mass is 16.8. The molecule has 11 aliphatic rings. The zero-order chi connectivity index (χ0) is 107. The largest absolute Gasteiger partial charge is 0.477 e. The fourth-order valence-corrected chi connectivity index (χ4v) is 18.7. The van der Waals surface area contributed by atoms with E-state index in [2.05, 4.69) is 31.9 Å². The predicted octanol–water partition coefficient (Wildman–Crippen LogP) is -23.9. The molecule has 11 rings (SSSR count). The summed E-state index contributed by atoms with van der Waals surface area (Å²) < 4.78 is 126. The van der Waals surface area contributed by atoms with Crippen molar-refractivity contribution in [3.8, 4) is 0 Å². The van der Waals surface area contributed by atoms with Crippen LogP contribution in [0.4, 0.5) is 0 Å². The summed E-state index contributed by atoms with van der Waals surface area (Å²) >= 11 is 0. The van der Waals surface area contributed by atoms with Crippen LogP contribution in [0.3, 0.4) is 0 Å². The zero-order valence-corrected chi connectivity index (χ0v) is 78.4. The Morgan fingerprint density at radius 1 is 0.297 bits per heavy atom. The molecule has 56 atom stereocenters. The van der Waals surface area contributed by atoms with Crippen LogP contribution in [0.15, 0.2) is 0 Å². The Morgan fingerprint density at radius 2 is 0.614 bits per heavy atom. The van der Waals surface area contributed by atoms with E-state index >= 15 is 0 Å². The smallest absolute Gasteiger partial charge is 0.364 e. The van der Waals surface area contributed by atoms with E-state index in [1.165, 1.54) is 6.92 Å². The van der Waals surface area contributed by atoms with Crippen molar-refractivity contribution in [3.63, 3.8) is 0 Å². The molecular weight excluding hydrogens is 1980 g/mol. The quantitative estimate of drug-likeness (QED) is 0.0272. The molecule has 0 aliphatic carbocycles. The molecule has 0 aromatic heterocycles. The number of rotatable bonds is 39. The van der Waals surface area contributed by atoms with Gasteiger partial charge in [-0.05, 0) is 6.92 Å². The number of ether oxygens (including phenoxy) is 21. The lowest BCUT2D eigenvalue weighted by Crippen LogP contribution is -2.71. The molecule has 0 saturated carbocycles. The van der Waals surface area contributed by atoms with E-state index < -0.39 is 457 Å². The van der Waals surface area contributed by atoms with Gasteiger partial charge in [0.25, 0.3) is 5.79 Å². The van der Waals surface area contributed by atoms with Crippen molar-refractivity contribution in [2.24, 2.45) is 0 Å². The van der Waals surface area contributed by atoms with Crippen molar-refractivity contribution in [2.45, 2.75) is 398 Å². The van der Waals surface area contributed by atoms with Gasteiger partial charge in [0.2, 0.25) is 35.4 Å². The summed E-state index contributed by atoms with van der Waals surface area (Å²) in [5, 5.41) is 353. The molecule has 36 N–H and O–H groups in total. The molecule has 836 valence electrons. The first-order chi connectivity index (χ1) is 68.3. The maximum absolute atomic E-state index is 13.4. The third-order valence-electron chi connectivity index (χ3n) is 26.3. The number of aliphatic hydroxyl groups excluding tert-OH is 29. The van der Waals surface area contributed by atoms with Gasteiger partial charge in [-0.25, -0.2) is 4.79 Å². The Kier molecular flexibility index (Phi) is 42.7. The molecule has 11 heterocycles. The monoisotopic (exact) mass is 2120 g/mol. The summed E-state index contributed by atoms with van der Waals surface area (Å²) in [6.07, 6.45) is -107. The van der Waals surface area contributed by atoms with Crippen LogP contribution in [-0.4, -0.2) is 604 Å². The first-order valence-electron chi connectivity index (χ1n) is 46.1. The second-order valence-electron chi connectivity index (χ2n) is 36.7. The number of aliphatic hydroxyl groups is 29. The zero-order valence-electron chi connectivity index (χ0n) is 78.4. The van der Waals surface area contributed by atoms with Gasteiger partial charge in [0.15, 0.2) is 62.9 Å². The Labute approximate surface area is 821 Å². The van der Waals surface area contributed by atoms with Crippen LogP contribution in [-0.2, 0) is 133 Å². The van der Waals surface area contributed by atoms with Crippen molar-refractivity contribution < 1.29 is 286 Å². The van der Waals surface area contributed by atoms with Gasteiger partial charge in [0.05, 0.1) is 84.3 Å². The number of carbonyl (C=O) groups excluding carboxylic acids is 6. The van der Waals surface area contributed by atoms with E-state index in [0.717, 1.165) is 41.5 Å². The van der Waals surface area contributed by atoms with Crippen molar-refractivity contribution in [3.05, 3.63) is 0 Å². The van der Waals surface area contributed by atoms with Crippen molar-refractivity contribution in [1.82, 2.24) is 31.9 Å². The summed E-state index contributed by atoms with van der Waals surface area (Å²) in [7, 11) is 0. The number of hydrogen-bond donors (Lipinski definition) is 36. The molecule has 0 radical (unpaired) electrons. The minimum atomic E-state index is -3.13. The van der Waals surface area contributed by atoms with Gasteiger partial charge in [0.1, 0.15) is 256 Å². The van der Waals surface area contributed by atoms with Gasteiger partial charge in [0, 0.05) is 48.0 Å². The highest BCUT2D eigenvalue weighted by Gasteiger charge is 2.64. The molecular formula is C81H134N6O58. The Morgan fingerprint density at radius 3 is 1.05 bits per heavy atom. The minimum Gasteiger partial charge on any atom is -0.477 e. The molecule has 11 saturated heterocycles. The number of aliphatic carboxylic acids is 1. The third-order valence-corrected chi connectivity index (χ3v) is 26.3. The average molecular weight is 2120 g/mol. The first kappa shape index (κ1) is 120. The van der Waals surface area contributed by atoms with Crippen molar-refractivity contribution in [1.29, 1.82) is 0 Å². The van der Waals surface area contributed by atoms with Gasteiger partial charge in [-0.15, -0.1) is 0 Å². The lowest BCUT2D eigenvalue weighted by Gasteiger charge is -2.51. The molecule has 11 aliphatic heterocycles. The Bertz CT molecular complexity index is 4150. The molecule has 0 bridgehead atoms. The summed E-state index contributed by atoms with van der Waals surface area (Å²) in [5.41, 5.74) is 0. The van der Waals surface area contributed by atoms with E-state index in [1.807, 2.05) is 0 Å². The van der Waals surface area contributed by atoms with Crippen LogP contribution in [0.1, 0.15) is 54.9 Å². The van der Waals surface area contributed by atoms with Crippen molar-refractivity contribution >= 4 is 41.4 Å². The molecule has 0 spiro atoms. The summed E-state index contributed by atoms with van der Waals surface area (Å²) in [4.78, 5) is 90.1. The fraction of sp³-hybridized carbons (Fsp3) is 0.914. The fourth-order valence-electron chi connectivity index (χ4n) is 18.7. The van der Waals surface area contributed by atoms with Gasteiger partial charge >= 0.3 is 5.97 Å². The van der Waals surface area contributed by atoms with Crippen LogP contribution in [0.25, 0.3) is 0 Å². The lowest BCUT2D eigenvalue weighted by molar-refractivity contribution is -0.399. The summed E-state index contributed by atoms with van der Waals surface area (Å²) in [6.45, 7) is -5.03. The SMILES string of the molecule is CC(=O)N[C@@H]1[C@@H](O)[C@H](O[C@@H]2O[C@H](CO)[C@@H](O[C@@H]3O[C@H](CO[C@H]4O[C@H](CO)[C@@H](O)[C@H](O)[C@@H]4O[C@@H]4O[C@H](CO)[C@@H](O[C@@H]5O[C@H](CO)[C@H](O)[C@H](O)[C@H]5NC(C)=O)[C@H](O)[C@H]4NC(C)=O)[C@@H](O)[C@H](O[C@H]4O[C@H](CO)[C@@H](O)[C@H](O)[C@@H]4O[C@@H]4O[C@H](CO)[C@@H](O[C@@H]5O[C@H](CO[C@]6(C(=O)O)C[C@H](O)[C@@H](NC(C)=O)[C@H]([C@H](O)[C@H](O)CO)O6)[C@H](O)[C@H](O)[C@H]5O)[C@H](O)[C@H]4NC(C)=O)[C@@H]3O)[C@H](O)[C@H]2NC(C)=O)[C@@H](CO[C@@H]2O[C@@H](C)[C@@H](O)[C@@H](O)[C@@H]2O)O[C@H]1O. The number of carboxylic acid groups (broad SMARTS) is 1. The summed E-state index contributed by atoms with van der Waals surface area (Å²) in [5.74, 6) is -10.9. The standard InChI is InChI=1S/C81H134N6O58/c1-19-43(103)55(115)59(119)75(128-19)125-17-36-65(51(111)38(70(122)129-36)83-21(3)96)139-72-40(85-23(5)98)53(113)64(33(15-94)133-72)141-77-61(121)67(49(109)34(136-77)16-126-78-68(57(117)46(106)29(11-90)131-78)143-73-41(86-24(6)99)52(112)62(31(13-92)134-73)138-71-39(84-22(4)97)50(110)45(105)28(10-89)130-71)142-79-69(58(118)47(107)30(12-91)132-79)144-74-42(87-25(7)100)54(114)63(32(14-93)135-74)140-76-60(120)56(116)48(108)35(137-76)18-127-81(80(123)124)8-26(101)37(82-20(2)95)66(145-81)44(104)27(102)9-88/h19,26-79,88-94,101-122H,8-18H2,1-7H3,(H,82,95)(H,83,96)(H,84,97)(H,85,98)(H,86,99)(H,87,100)(H,123,124)/t19-,26-,27+,28+,29+,30+,31+,32+,33+,34+,35+,36+,37+,38+,39+,40+,41+,42+,43+,44+,45-,46+,47+,48-,49+,50+,51+,52+,53+,54+,55+,56-,57-,58-,59-,60+,61-,62+,63+,64+,65+,66+,67-,68-,69-,70+,71-,72-,73-,74-,75+,76-,77-,78-,79+,81+/m0/s1. The number of nitrogens with one attached hydrogen (secondary N) is 6. The van der Waals surface area contributed by atoms with E-state index in [0.29, 0.717) is 0 Å². The van der Waals surface area contributed by atoms with Crippen LogP contribution < -0.4 is 31.9 Å².